The molecule has 2 aromatic heterocycles. The topological polar surface area (TPSA) is 56.2 Å². The third-order valence-corrected chi connectivity index (χ3v) is 2.25. The lowest BCUT2D eigenvalue weighted by atomic mass is 10.6. The average molecular weight is 262 g/mol. The Bertz CT molecular complexity index is 394. The molecule has 2 rings (SSSR count). The van der Waals surface area contributed by atoms with Crippen LogP contribution in [-0.2, 0) is 0 Å². The average Bonchev–Trinajstić information content (AvgIpc) is 2.35. The molecule has 0 saturated carbocycles. The van der Waals surface area contributed by atoms with Crippen molar-refractivity contribution in [2.75, 3.05) is 5.73 Å². The molecule has 0 fully saturated rings. The molecule has 0 spiro atoms. The number of fused-ring (bicyclic) bond motifs is 1. The number of hydrogen-bond acceptors (Lipinski definition) is 3. The minimum Gasteiger partial charge on any atom is -0.382 e. The van der Waals surface area contributed by atoms with Crippen molar-refractivity contribution < 1.29 is 0 Å². The number of nitrogens with two attached hydrogens (primary N) is 1. The number of nitrogens with zero attached hydrogens (tertiary/aromatic N) is 3. The van der Waals surface area contributed by atoms with Crippen LogP contribution in [0.1, 0.15) is 0 Å². The van der Waals surface area contributed by atoms with Crippen molar-refractivity contribution >= 4 is 33.9 Å². The molecule has 0 radical (unpaired) electrons. The van der Waals surface area contributed by atoms with Crippen molar-refractivity contribution in [2.24, 2.45) is 0 Å². The van der Waals surface area contributed by atoms with E-state index in [-0.39, 0.29) is 0 Å². The fourth-order valence-corrected chi connectivity index (χ4v) is 1.49. The fourth-order valence-electron chi connectivity index (χ4n) is 0.921. The maximum atomic E-state index is 5.59. The highest BCUT2D eigenvalue weighted by Gasteiger charge is 2.01. The highest BCUT2D eigenvalue weighted by molar-refractivity contribution is 14.1. The molecule has 0 atom stereocenters. The van der Waals surface area contributed by atoms with E-state index in [0.29, 0.717) is 5.82 Å². The minimum absolute atomic E-state index is 0.517. The van der Waals surface area contributed by atoms with Crippen molar-refractivity contribution in [2.45, 2.75) is 0 Å². The summed E-state index contributed by atoms with van der Waals surface area (Å²) in [7, 11) is 0. The first-order valence-corrected chi connectivity index (χ1v) is 4.10. The predicted molar refractivity (Wildman–Crippen MR) is 50.1 cm³/mol. The number of hydrogen-bond donors (Lipinski definition) is 1. The first kappa shape index (κ1) is 6.84. The molecular formula is C6H5IN4. The Morgan fingerprint density at radius 1 is 1.55 bits per heavy atom. The second-order valence-corrected chi connectivity index (χ2v) is 3.20. The Kier molecular flexibility index (Phi) is 1.45. The van der Waals surface area contributed by atoms with E-state index in [1.165, 1.54) is 6.33 Å². The zero-order valence-corrected chi connectivity index (χ0v) is 7.69. The van der Waals surface area contributed by atoms with Gasteiger partial charge in [0.1, 0.15) is 15.5 Å². The van der Waals surface area contributed by atoms with Gasteiger partial charge in [-0.25, -0.2) is 9.50 Å². The van der Waals surface area contributed by atoms with E-state index in [4.69, 9.17) is 5.73 Å². The molecule has 0 aromatic carbocycles. The molecule has 0 amide bonds. The molecule has 2 aromatic rings. The lowest BCUT2D eigenvalue weighted by Gasteiger charge is -1.95. The molecule has 0 aliphatic heterocycles. The Morgan fingerprint density at radius 3 is 3.09 bits per heavy atom. The third-order valence-electron chi connectivity index (χ3n) is 1.44. The van der Waals surface area contributed by atoms with Crippen LogP contribution in [0.3, 0.4) is 0 Å². The van der Waals surface area contributed by atoms with Gasteiger partial charge in [-0.1, -0.05) is 0 Å². The van der Waals surface area contributed by atoms with Crippen molar-refractivity contribution in [1.82, 2.24) is 14.6 Å². The summed E-state index contributed by atoms with van der Waals surface area (Å²) in [4.78, 5) is 3.86. The number of anilines is 1. The first-order chi connectivity index (χ1) is 5.29. The largest absolute Gasteiger partial charge is 0.382 e. The maximum Gasteiger partial charge on any atom is 0.151 e. The summed E-state index contributed by atoms with van der Waals surface area (Å²) in [6, 6.07) is 3.85. The summed E-state index contributed by atoms with van der Waals surface area (Å²) in [5.74, 6) is 0.517. The van der Waals surface area contributed by atoms with Gasteiger partial charge in [-0.3, -0.25) is 0 Å². The van der Waals surface area contributed by atoms with Gasteiger partial charge in [0.05, 0.1) is 0 Å². The molecule has 5 heteroatoms. The molecule has 0 aliphatic carbocycles. The molecule has 0 bridgehead atoms. The van der Waals surface area contributed by atoms with Crippen molar-refractivity contribution in [3.63, 3.8) is 0 Å². The summed E-state index contributed by atoms with van der Waals surface area (Å²) in [6.45, 7) is 0. The van der Waals surface area contributed by atoms with Crippen LogP contribution in [0.5, 0.6) is 0 Å². The van der Waals surface area contributed by atoms with E-state index in [2.05, 4.69) is 32.7 Å². The van der Waals surface area contributed by atoms with Crippen molar-refractivity contribution in [3.8, 4) is 0 Å². The smallest absolute Gasteiger partial charge is 0.151 e. The molecule has 2 N–H and O–H groups in total. The molecule has 2 heterocycles. The van der Waals surface area contributed by atoms with Crippen molar-refractivity contribution in [1.29, 1.82) is 0 Å². The van der Waals surface area contributed by atoms with Crippen LogP contribution in [0.15, 0.2) is 18.5 Å². The molecule has 56 valence electrons. The van der Waals surface area contributed by atoms with Gasteiger partial charge in [-0.15, -0.1) is 0 Å². The van der Waals surface area contributed by atoms with Crippen molar-refractivity contribution in [3.05, 3.63) is 22.2 Å². The lowest BCUT2D eigenvalue weighted by Crippen LogP contribution is -1.99. The SMILES string of the molecule is N[14c]1ncnn2c(I)ccc12. The number of nitrogen functional groups attached to an aromatic ring is 1. The van der Waals surface area contributed by atoms with Gasteiger partial charge >= 0.3 is 0 Å². The molecule has 0 unspecified atom stereocenters. The van der Waals surface area contributed by atoms with Crippen LogP contribution in [0.4, 0.5) is 5.82 Å². The van der Waals surface area contributed by atoms with Crippen LogP contribution in [0.2, 0.25) is 0 Å². The molecule has 11 heavy (non-hydrogen) atoms. The Hall–Kier alpha value is -0.850. The predicted octanol–water partition coefficient (Wildman–Crippen LogP) is 0.916. The van der Waals surface area contributed by atoms with Gasteiger partial charge in [0, 0.05) is 0 Å². The molecule has 4 nitrogen and oxygen atoms in total. The van der Waals surface area contributed by atoms with Gasteiger partial charge in [-0.2, -0.15) is 5.10 Å². The number of rotatable bonds is 0. The van der Waals surface area contributed by atoms with Gasteiger partial charge in [-0.05, 0) is 34.7 Å². The van der Waals surface area contributed by atoms with E-state index >= 15 is 0 Å². The quantitative estimate of drug-likeness (QED) is 0.718. The monoisotopic (exact) mass is 262 g/mol. The van der Waals surface area contributed by atoms with E-state index in [0.717, 1.165) is 9.22 Å². The van der Waals surface area contributed by atoms with Crippen LogP contribution < -0.4 is 5.73 Å². The first-order valence-electron chi connectivity index (χ1n) is 3.03. The Labute approximate surface area is 76.6 Å². The summed E-state index contributed by atoms with van der Waals surface area (Å²) in [5.41, 5.74) is 6.45. The van der Waals surface area contributed by atoms with E-state index in [9.17, 15) is 0 Å². The minimum atomic E-state index is 0.517. The normalized spacial score (nSPS) is 10.6. The lowest BCUT2D eigenvalue weighted by molar-refractivity contribution is 0.887. The van der Waals surface area contributed by atoms with Gasteiger partial charge in [0.25, 0.3) is 0 Å². The highest BCUT2D eigenvalue weighted by atomic mass is 127. The second-order valence-electron chi connectivity index (χ2n) is 2.10. The molecular weight excluding hydrogens is 257 g/mol. The highest BCUT2D eigenvalue weighted by Crippen LogP contribution is 2.13. The second kappa shape index (κ2) is 2.33. The molecule has 0 saturated heterocycles. The van der Waals surface area contributed by atoms with Crippen LogP contribution in [-0.4, -0.2) is 14.6 Å². The maximum absolute atomic E-state index is 5.59. The zero-order valence-electron chi connectivity index (χ0n) is 5.53. The van der Waals surface area contributed by atoms with Gasteiger partial charge in [0.15, 0.2) is 5.82 Å². The fraction of sp³-hybridized carbons (Fsp3) is 0. The Morgan fingerprint density at radius 2 is 2.36 bits per heavy atom. The number of halogens is 1. The van der Waals surface area contributed by atoms with Crippen LogP contribution in [0, 0.1) is 3.70 Å². The third kappa shape index (κ3) is 0.953. The summed E-state index contributed by atoms with van der Waals surface area (Å²) in [6.07, 6.45) is 1.45. The summed E-state index contributed by atoms with van der Waals surface area (Å²) >= 11 is 2.19. The van der Waals surface area contributed by atoms with Crippen LogP contribution in [0.25, 0.3) is 5.52 Å². The standard InChI is InChI=1S/C6H5IN4/c7-5-2-1-4-6(8)9-3-10-11(4)5/h1-3H,(H2,8,9,10)/i6+2. The van der Waals surface area contributed by atoms with Gasteiger partial charge in [0.2, 0.25) is 0 Å². The number of aromatic nitrogens is 3. The van der Waals surface area contributed by atoms with E-state index in [1.807, 2.05) is 12.1 Å². The Balaban J connectivity index is 2.94. The summed E-state index contributed by atoms with van der Waals surface area (Å²) < 4.78 is 2.79. The van der Waals surface area contributed by atoms with Gasteiger partial charge < -0.3 is 5.73 Å². The van der Waals surface area contributed by atoms with E-state index in [1.54, 1.807) is 4.52 Å². The zero-order chi connectivity index (χ0) is 7.84. The summed E-state index contributed by atoms with van der Waals surface area (Å²) in [5, 5.41) is 4.02. The van der Waals surface area contributed by atoms with Crippen LogP contribution >= 0.6 is 22.6 Å². The van der Waals surface area contributed by atoms with E-state index < -0.39 is 0 Å². The molecule has 0 aliphatic rings.